The fourth-order valence-corrected chi connectivity index (χ4v) is 4.17. The van der Waals surface area contributed by atoms with Gasteiger partial charge < -0.3 is 5.73 Å². The Morgan fingerprint density at radius 1 is 1.30 bits per heavy atom. The molecule has 2 N–H and O–H groups in total. The molecule has 0 radical (unpaired) electrons. The van der Waals surface area contributed by atoms with Crippen LogP contribution in [0.1, 0.15) is 27.2 Å². The molecule has 0 saturated carbocycles. The third-order valence-corrected chi connectivity index (χ3v) is 6.29. The number of piperazine rings is 1. The van der Waals surface area contributed by atoms with Gasteiger partial charge in [0.05, 0.1) is 11.0 Å². The first-order chi connectivity index (χ1) is 9.21. The van der Waals surface area contributed by atoms with E-state index in [1.165, 1.54) is 8.61 Å². The van der Waals surface area contributed by atoms with Crippen LogP contribution in [0.2, 0.25) is 0 Å². The maximum Gasteiger partial charge on any atom is 0.282 e. The first kappa shape index (κ1) is 17.8. The largest absolute Gasteiger partial charge is 0.392 e. The fourth-order valence-electron chi connectivity index (χ4n) is 2.33. The quantitative estimate of drug-likeness (QED) is 0.710. The van der Waals surface area contributed by atoms with Crippen LogP contribution in [-0.2, 0) is 10.2 Å². The van der Waals surface area contributed by atoms with Gasteiger partial charge in [-0.1, -0.05) is 19.1 Å². The topological polar surface area (TPSA) is 69.9 Å². The van der Waals surface area contributed by atoms with E-state index >= 15 is 0 Å². The summed E-state index contributed by atoms with van der Waals surface area (Å²) in [7, 11) is -1.74. The molecule has 1 aliphatic rings. The van der Waals surface area contributed by atoms with Crippen molar-refractivity contribution in [2.75, 3.05) is 33.2 Å². The van der Waals surface area contributed by atoms with Crippen molar-refractivity contribution in [3.63, 3.8) is 0 Å². The van der Waals surface area contributed by atoms with Crippen molar-refractivity contribution in [3.05, 3.63) is 0 Å². The Bertz CT molecular complexity index is 431. The van der Waals surface area contributed by atoms with Gasteiger partial charge >= 0.3 is 0 Å². The van der Waals surface area contributed by atoms with Gasteiger partial charge in [-0.2, -0.15) is 17.0 Å². The van der Waals surface area contributed by atoms with Crippen LogP contribution >= 0.6 is 12.2 Å². The molecule has 1 unspecified atom stereocenters. The van der Waals surface area contributed by atoms with Gasteiger partial charge in [-0.25, -0.2) is 0 Å². The molecule has 1 rings (SSSR count). The smallest absolute Gasteiger partial charge is 0.282 e. The van der Waals surface area contributed by atoms with E-state index in [9.17, 15) is 8.42 Å². The standard InChI is InChI=1S/C12H26N4O2S2/c1-5-11(12(13)19)15-6-8-16(9-7-15)20(17,18)14(4)10(2)3/h10-11H,5-9H2,1-4H3,(H2,13,19). The van der Waals surface area contributed by atoms with Crippen molar-refractivity contribution >= 4 is 27.4 Å². The first-order valence-corrected chi connectivity index (χ1v) is 8.78. The molecule has 0 amide bonds. The van der Waals surface area contributed by atoms with E-state index in [1.54, 1.807) is 7.05 Å². The Kier molecular flexibility index (Phi) is 6.33. The maximum atomic E-state index is 12.4. The SMILES string of the molecule is CCC(C(N)=S)N1CCN(S(=O)(=O)N(C)C(C)C)CC1. The lowest BCUT2D eigenvalue weighted by Crippen LogP contribution is -2.57. The van der Waals surface area contributed by atoms with E-state index in [2.05, 4.69) is 4.90 Å². The minimum Gasteiger partial charge on any atom is -0.392 e. The third-order valence-electron chi connectivity index (χ3n) is 3.85. The summed E-state index contributed by atoms with van der Waals surface area (Å²) in [5.74, 6) is 0. The van der Waals surface area contributed by atoms with Gasteiger partial charge in [0.15, 0.2) is 0 Å². The van der Waals surface area contributed by atoms with Gasteiger partial charge in [-0.3, -0.25) is 4.90 Å². The van der Waals surface area contributed by atoms with Crippen molar-refractivity contribution in [1.29, 1.82) is 0 Å². The monoisotopic (exact) mass is 322 g/mol. The maximum absolute atomic E-state index is 12.4. The number of hydrogen-bond acceptors (Lipinski definition) is 4. The van der Waals surface area contributed by atoms with Crippen molar-refractivity contribution < 1.29 is 8.42 Å². The van der Waals surface area contributed by atoms with Gasteiger partial charge in [0, 0.05) is 39.3 Å². The molecule has 1 saturated heterocycles. The van der Waals surface area contributed by atoms with Crippen LogP contribution in [0.4, 0.5) is 0 Å². The summed E-state index contributed by atoms with van der Waals surface area (Å²) in [6.45, 7) is 8.08. The van der Waals surface area contributed by atoms with Gasteiger partial charge in [0.1, 0.15) is 0 Å². The molecular formula is C12H26N4O2S2. The van der Waals surface area contributed by atoms with Crippen molar-refractivity contribution in [3.8, 4) is 0 Å². The van der Waals surface area contributed by atoms with Gasteiger partial charge in [-0.15, -0.1) is 0 Å². The van der Waals surface area contributed by atoms with Crippen LogP contribution in [-0.4, -0.2) is 72.2 Å². The highest BCUT2D eigenvalue weighted by Gasteiger charge is 2.33. The molecule has 1 aliphatic heterocycles. The predicted octanol–water partition coefficient (Wildman–Crippen LogP) is 0.254. The van der Waals surface area contributed by atoms with Crippen LogP contribution in [0.15, 0.2) is 0 Å². The lowest BCUT2D eigenvalue weighted by Gasteiger charge is -2.39. The third kappa shape index (κ3) is 3.88. The fraction of sp³-hybridized carbons (Fsp3) is 0.917. The summed E-state index contributed by atoms with van der Waals surface area (Å²) in [5.41, 5.74) is 5.74. The second kappa shape index (κ2) is 7.13. The van der Waals surface area contributed by atoms with E-state index in [-0.39, 0.29) is 12.1 Å². The van der Waals surface area contributed by atoms with E-state index in [1.807, 2.05) is 20.8 Å². The van der Waals surface area contributed by atoms with Crippen LogP contribution in [0.3, 0.4) is 0 Å². The molecule has 0 spiro atoms. The number of hydrogen-bond donors (Lipinski definition) is 1. The summed E-state index contributed by atoms with van der Waals surface area (Å²) < 4.78 is 27.7. The minimum absolute atomic E-state index is 0.0435. The van der Waals surface area contributed by atoms with Crippen molar-refractivity contribution in [2.45, 2.75) is 39.3 Å². The Morgan fingerprint density at radius 3 is 2.15 bits per heavy atom. The van der Waals surface area contributed by atoms with E-state index in [4.69, 9.17) is 18.0 Å². The molecule has 0 aromatic heterocycles. The molecule has 1 fully saturated rings. The summed E-state index contributed by atoms with van der Waals surface area (Å²) >= 11 is 5.07. The van der Waals surface area contributed by atoms with Crippen LogP contribution in [0.5, 0.6) is 0 Å². The average Bonchev–Trinajstić information content (AvgIpc) is 2.38. The minimum atomic E-state index is -3.36. The highest BCUT2D eigenvalue weighted by Crippen LogP contribution is 2.15. The van der Waals surface area contributed by atoms with Crippen LogP contribution < -0.4 is 5.73 Å². The van der Waals surface area contributed by atoms with E-state index in [0.717, 1.165) is 6.42 Å². The zero-order valence-corrected chi connectivity index (χ0v) is 14.4. The van der Waals surface area contributed by atoms with Crippen LogP contribution in [0.25, 0.3) is 0 Å². The lowest BCUT2D eigenvalue weighted by molar-refractivity contribution is 0.159. The number of thiocarbonyl (C=S) groups is 1. The molecule has 0 aromatic carbocycles. The number of nitrogens with zero attached hydrogens (tertiary/aromatic N) is 3. The second-order valence-corrected chi connectivity index (χ2v) is 7.84. The molecule has 8 heteroatoms. The molecular weight excluding hydrogens is 296 g/mol. The molecule has 1 atom stereocenters. The zero-order valence-electron chi connectivity index (χ0n) is 12.7. The highest BCUT2D eigenvalue weighted by atomic mass is 32.2. The lowest BCUT2D eigenvalue weighted by atomic mass is 10.1. The molecule has 6 nitrogen and oxygen atoms in total. The van der Waals surface area contributed by atoms with Crippen LogP contribution in [0, 0.1) is 0 Å². The second-order valence-electron chi connectivity index (χ2n) is 5.38. The summed E-state index contributed by atoms with van der Waals surface area (Å²) in [6.07, 6.45) is 0.855. The van der Waals surface area contributed by atoms with E-state index in [0.29, 0.717) is 31.2 Å². The molecule has 118 valence electrons. The molecule has 0 aliphatic carbocycles. The number of rotatable bonds is 6. The predicted molar refractivity (Wildman–Crippen MR) is 85.8 cm³/mol. The van der Waals surface area contributed by atoms with Gasteiger partial charge in [-0.05, 0) is 20.3 Å². The van der Waals surface area contributed by atoms with Gasteiger partial charge in [0.25, 0.3) is 10.2 Å². The Labute approximate surface area is 128 Å². The molecule has 1 heterocycles. The zero-order chi connectivity index (χ0) is 15.5. The van der Waals surface area contributed by atoms with E-state index < -0.39 is 10.2 Å². The Balaban J connectivity index is 2.69. The first-order valence-electron chi connectivity index (χ1n) is 6.98. The summed E-state index contributed by atoms with van der Waals surface area (Å²) in [4.78, 5) is 2.66. The van der Waals surface area contributed by atoms with Gasteiger partial charge in [0.2, 0.25) is 0 Å². The summed E-state index contributed by atoms with van der Waals surface area (Å²) in [5, 5.41) is 0. The van der Waals surface area contributed by atoms with Crippen molar-refractivity contribution in [2.24, 2.45) is 5.73 Å². The normalized spacial score (nSPS) is 20.5. The Hall–Kier alpha value is -0.280. The molecule has 0 bridgehead atoms. The number of nitrogens with two attached hydrogens (primary N) is 1. The Morgan fingerprint density at radius 2 is 1.80 bits per heavy atom. The summed E-state index contributed by atoms with van der Waals surface area (Å²) in [6, 6.07) is 0.0238. The molecule has 20 heavy (non-hydrogen) atoms. The van der Waals surface area contributed by atoms with Crippen molar-refractivity contribution in [1.82, 2.24) is 13.5 Å². The molecule has 0 aromatic rings. The highest BCUT2D eigenvalue weighted by molar-refractivity contribution is 7.86. The average molecular weight is 323 g/mol.